The van der Waals surface area contributed by atoms with Crippen LogP contribution in [0.5, 0.6) is 17.2 Å². The minimum Gasteiger partial charge on any atom is -0.493 e. The molecule has 3 aromatic rings. The predicted octanol–water partition coefficient (Wildman–Crippen LogP) is 3.74. The van der Waals surface area contributed by atoms with E-state index in [9.17, 15) is 0 Å². The second kappa shape index (κ2) is 12.4. The Morgan fingerprint density at radius 1 is 1.00 bits per heavy atom. The Kier molecular flexibility index (Phi) is 9.89. The van der Waals surface area contributed by atoms with Gasteiger partial charge in [-0.25, -0.2) is 4.98 Å². The van der Waals surface area contributed by atoms with Crippen molar-refractivity contribution in [1.82, 2.24) is 20.2 Å². The minimum atomic E-state index is 0. The summed E-state index contributed by atoms with van der Waals surface area (Å²) >= 11 is 0. The van der Waals surface area contributed by atoms with E-state index in [-0.39, 0.29) is 24.0 Å². The Morgan fingerprint density at radius 2 is 1.75 bits per heavy atom. The number of ether oxygens (including phenoxy) is 3. The first-order valence-electron chi connectivity index (χ1n) is 10.3. The molecule has 8 nitrogen and oxygen atoms in total. The number of hydrogen-bond acceptors (Lipinski definition) is 5. The maximum Gasteiger partial charge on any atom is 0.203 e. The number of halogens is 1. The van der Waals surface area contributed by atoms with Crippen molar-refractivity contribution in [3.8, 4) is 17.2 Å². The summed E-state index contributed by atoms with van der Waals surface area (Å²) in [6.07, 6.45) is 0.946. The molecule has 0 spiro atoms. The van der Waals surface area contributed by atoms with Gasteiger partial charge in [-0.2, -0.15) is 0 Å². The molecule has 1 aromatic heterocycles. The smallest absolute Gasteiger partial charge is 0.203 e. The lowest BCUT2D eigenvalue weighted by molar-refractivity contribution is 0.322. The summed E-state index contributed by atoms with van der Waals surface area (Å²) in [6, 6.07) is 12.0. The van der Waals surface area contributed by atoms with Gasteiger partial charge in [-0.05, 0) is 37.6 Å². The second-order valence-electron chi connectivity index (χ2n) is 7.00. The molecule has 0 radical (unpaired) electrons. The summed E-state index contributed by atoms with van der Waals surface area (Å²) in [6.45, 7) is 4.26. The lowest BCUT2D eigenvalue weighted by Gasteiger charge is -2.17. The number of rotatable bonds is 9. The third-order valence-electron chi connectivity index (χ3n) is 5.15. The van der Waals surface area contributed by atoms with Gasteiger partial charge in [0.25, 0.3) is 0 Å². The van der Waals surface area contributed by atoms with E-state index in [1.54, 1.807) is 28.4 Å². The van der Waals surface area contributed by atoms with Crippen molar-refractivity contribution >= 4 is 41.0 Å². The molecule has 0 atom stereocenters. The lowest BCUT2D eigenvalue weighted by Crippen LogP contribution is -2.37. The predicted molar refractivity (Wildman–Crippen MR) is 139 cm³/mol. The molecule has 2 N–H and O–H groups in total. The standard InChI is InChI=1S/C23H31N5O3.HI/c1-16-27-18-9-6-7-10-19(18)28(16)14-8-13-25-23(24-2)26-15-17-11-12-20(29-3)22(31-5)21(17)30-4;/h6-7,9-12H,8,13-15H2,1-5H3,(H2,24,25,26);1H. The number of imidazole rings is 1. The van der Waals surface area contributed by atoms with Crippen molar-refractivity contribution in [3.05, 3.63) is 47.8 Å². The zero-order valence-electron chi connectivity index (χ0n) is 19.3. The average Bonchev–Trinajstić information content (AvgIpc) is 3.12. The van der Waals surface area contributed by atoms with Gasteiger partial charge in [0.1, 0.15) is 5.82 Å². The van der Waals surface area contributed by atoms with E-state index in [0.29, 0.717) is 23.8 Å². The summed E-state index contributed by atoms with van der Waals surface area (Å²) in [5.41, 5.74) is 3.15. The summed E-state index contributed by atoms with van der Waals surface area (Å²) in [5, 5.41) is 6.69. The van der Waals surface area contributed by atoms with Crippen molar-refractivity contribution in [2.24, 2.45) is 4.99 Å². The summed E-state index contributed by atoms with van der Waals surface area (Å²) < 4.78 is 18.6. The number of aryl methyl sites for hydroxylation is 2. The molecule has 9 heteroatoms. The highest BCUT2D eigenvalue weighted by atomic mass is 127. The molecular formula is C23H32IN5O3. The Bertz CT molecular complexity index is 1050. The van der Waals surface area contributed by atoms with Crippen molar-refractivity contribution in [1.29, 1.82) is 0 Å². The highest BCUT2D eigenvalue weighted by molar-refractivity contribution is 14.0. The maximum absolute atomic E-state index is 5.55. The molecule has 3 rings (SSSR count). The topological polar surface area (TPSA) is 81.9 Å². The lowest BCUT2D eigenvalue weighted by atomic mass is 10.1. The third kappa shape index (κ3) is 5.76. The molecule has 2 aromatic carbocycles. The Morgan fingerprint density at radius 3 is 2.44 bits per heavy atom. The molecule has 1 heterocycles. The first-order valence-corrected chi connectivity index (χ1v) is 10.3. The molecule has 0 fully saturated rings. The number of guanidine groups is 1. The van der Waals surface area contributed by atoms with Crippen LogP contribution in [-0.2, 0) is 13.1 Å². The van der Waals surface area contributed by atoms with Crippen LogP contribution in [0.4, 0.5) is 0 Å². The molecule has 32 heavy (non-hydrogen) atoms. The van der Waals surface area contributed by atoms with E-state index in [2.05, 4.69) is 31.2 Å². The number of aliphatic imine (C=N–C) groups is 1. The Balaban J connectivity index is 0.00000363. The van der Waals surface area contributed by atoms with Gasteiger partial charge in [-0.1, -0.05) is 12.1 Å². The van der Waals surface area contributed by atoms with Crippen LogP contribution in [0.1, 0.15) is 17.8 Å². The van der Waals surface area contributed by atoms with Crippen LogP contribution < -0.4 is 24.8 Å². The second-order valence-corrected chi connectivity index (χ2v) is 7.00. The average molecular weight is 553 g/mol. The van der Waals surface area contributed by atoms with Crippen LogP contribution in [-0.4, -0.2) is 50.4 Å². The number of methoxy groups -OCH3 is 3. The zero-order valence-corrected chi connectivity index (χ0v) is 21.6. The SMILES string of the molecule is CN=C(NCCCn1c(C)nc2ccccc21)NCc1ccc(OC)c(OC)c1OC.I. The summed E-state index contributed by atoms with van der Waals surface area (Å²) in [5.74, 6) is 3.61. The molecule has 0 unspecified atom stereocenters. The van der Waals surface area contributed by atoms with E-state index in [4.69, 9.17) is 14.2 Å². The molecule has 0 saturated carbocycles. The number of nitrogens with zero attached hydrogens (tertiary/aromatic N) is 3. The van der Waals surface area contributed by atoms with Gasteiger partial charge in [-0.15, -0.1) is 24.0 Å². The van der Waals surface area contributed by atoms with Gasteiger partial charge in [0.15, 0.2) is 17.5 Å². The first kappa shape index (κ1) is 25.6. The fraction of sp³-hybridized carbons (Fsp3) is 0.391. The fourth-order valence-corrected chi connectivity index (χ4v) is 3.62. The van der Waals surface area contributed by atoms with E-state index in [1.165, 1.54) is 5.52 Å². The number of para-hydroxylation sites is 2. The molecule has 0 aliphatic carbocycles. The quantitative estimate of drug-likeness (QED) is 0.182. The normalized spacial score (nSPS) is 11.1. The van der Waals surface area contributed by atoms with Crippen molar-refractivity contribution in [2.75, 3.05) is 34.9 Å². The van der Waals surface area contributed by atoms with Gasteiger partial charge in [0, 0.05) is 32.2 Å². The van der Waals surface area contributed by atoms with Crippen molar-refractivity contribution in [3.63, 3.8) is 0 Å². The highest BCUT2D eigenvalue weighted by Gasteiger charge is 2.16. The van der Waals surface area contributed by atoms with Crippen molar-refractivity contribution < 1.29 is 14.2 Å². The number of nitrogens with one attached hydrogen (secondary N) is 2. The molecule has 0 aliphatic heterocycles. The van der Waals surface area contributed by atoms with Gasteiger partial charge in [0.05, 0.1) is 32.4 Å². The molecule has 0 amide bonds. The van der Waals surface area contributed by atoms with E-state index >= 15 is 0 Å². The van der Waals surface area contributed by atoms with Crippen LogP contribution in [0.25, 0.3) is 11.0 Å². The van der Waals surface area contributed by atoms with E-state index in [0.717, 1.165) is 42.4 Å². The summed E-state index contributed by atoms with van der Waals surface area (Å²) in [7, 11) is 6.59. The molecule has 0 saturated heterocycles. The molecular weight excluding hydrogens is 521 g/mol. The Labute approximate surface area is 206 Å². The van der Waals surface area contributed by atoms with Crippen LogP contribution in [0.15, 0.2) is 41.4 Å². The number of aromatic nitrogens is 2. The van der Waals surface area contributed by atoms with Gasteiger partial charge < -0.3 is 29.4 Å². The van der Waals surface area contributed by atoms with Gasteiger partial charge in [-0.3, -0.25) is 4.99 Å². The van der Waals surface area contributed by atoms with Gasteiger partial charge in [0.2, 0.25) is 5.75 Å². The number of benzene rings is 2. The molecule has 0 aliphatic rings. The Hall–Kier alpha value is -2.69. The van der Waals surface area contributed by atoms with Crippen LogP contribution in [0.2, 0.25) is 0 Å². The molecule has 174 valence electrons. The monoisotopic (exact) mass is 553 g/mol. The van der Waals surface area contributed by atoms with E-state index < -0.39 is 0 Å². The maximum atomic E-state index is 5.55. The highest BCUT2D eigenvalue weighted by Crippen LogP contribution is 2.39. The van der Waals surface area contributed by atoms with E-state index in [1.807, 2.05) is 37.3 Å². The zero-order chi connectivity index (χ0) is 22.2. The van der Waals surface area contributed by atoms with Crippen LogP contribution in [0, 0.1) is 6.92 Å². The van der Waals surface area contributed by atoms with Crippen molar-refractivity contribution in [2.45, 2.75) is 26.4 Å². The molecule has 0 bridgehead atoms. The number of hydrogen-bond donors (Lipinski definition) is 2. The number of fused-ring (bicyclic) bond motifs is 1. The van der Waals surface area contributed by atoms with Gasteiger partial charge >= 0.3 is 0 Å². The minimum absolute atomic E-state index is 0. The van der Waals surface area contributed by atoms with Crippen LogP contribution >= 0.6 is 24.0 Å². The largest absolute Gasteiger partial charge is 0.493 e. The third-order valence-corrected chi connectivity index (χ3v) is 5.15. The first-order chi connectivity index (χ1) is 15.1. The van der Waals surface area contributed by atoms with Crippen LogP contribution in [0.3, 0.4) is 0 Å². The summed E-state index contributed by atoms with van der Waals surface area (Å²) in [4.78, 5) is 8.94. The fourth-order valence-electron chi connectivity index (χ4n) is 3.62.